The fourth-order valence-corrected chi connectivity index (χ4v) is 0.449. The molecule has 11 heavy (non-hydrogen) atoms. The van der Waals surface area contributed by atoms with Gasteiger partial charge in [-0.3, -0.25) is 9.59 Å². The van der Waals surface area contributed by atoms with E-state index in [1.54, 1.807) is 13.8 Å². The van der Waals surface area contributed by atoms with Crippen LogP contribution in [0.1, 0.15) is 41.0 Å². The van der Waals surface area contributed by atoms with Crippen molar-refractivity contribution >= 4 is 11.6 Å². The van der Waals surface area contributed by atoms with Gasteiger partial charge in [0.15, 0.2) is 0 Å². The van der Waals surface area contributed by atoms with Gasteiger partial charge in [0.05, 0.1) is 6.42 Å². The number of carbonyl (C=O) groups excluding carboxylic acids is 2. The van der Waals surface area contributed by atoms with Crippen LogP contribution in [-0.4, -0.2) is 11.6 Å². The molecule has 0 aliphatic heterocycles. The van der Waals surface area contributed by atoms with Crippen molar-refractivity contribution in [2.75, 3.05) is 0 Å². The highest BCUT2D eigenvalue weighted by Gasteiger charge is 2.08. The van der Waals surface area contributed by atoms with E-state index in [2.05, 4.69) is 0 Å². The van der Waals surface area contributed by atoms with Crippen LogP contribution in [0.3, 0.4) is 0 Å². The molecular formula is C9H18O2. The van der Waals surface area contributed by atoms with Gasteiger partial charge in [-0.2, -0.15) is 0 Å². The molecule has 0 unspecified atom stereocenters. The number of hydrogen-bond acceptors (Lipinski definition) is 2. The van der Waals surface area contributed by atoms with E-state index < -0.39 is 0 Å². The van der Waals surface area contributed by atoms with Gasteiger partial charge >= 0.3 is 0 Å². The van der Waals surface area contributed by atoms with Crippen LogP contribution in [0.15, 0.2) is 0 Å². The van der Waals surface area contributed by atoms with Crippen molar-refractivity contribution in [2.45, 2.75) is 41.0 Å². The monoisotopic (exact) mass is 158 g/mol. The standard InChI is InChI=1S/C7H12O2.C2H6/c1-5(2)7(9)4-6(3)8;1-2/h5H,4H2,1-3H3;1-2H3. The molecule has 0 heterocycles. The Labute approximate surface area is 69.0 Å². The van der Waals surface area contributed by atoms with Crippen molar-refractivity contribution in [2.24, 2.45) is 5.92 Å². The normalized spacial score (nSPS) is 8.55. The first-order chi connectivity index (χ1) is 5.04. The zero-order valence-corrected chi connectivity index (χ0v) is 8.10. The lowest BCUT2D eigenvalue weighted by Gasteiger charge is -1.98. The van der Waals surface area contributed by atoms with Gasteiger partial charge in [-0.1, -0.05) is 27.7 Å². The Morgan fingerprint density at radius 2 is 1.55 bits per heavy atom. The predicted octanol–water partition coefficient (Wildman–Crippen LogP) is 2.22. The molecule has 0 atom stereocenters. The molecule has 0 saturated carbocycles. The smallest absolute Gasteiger partial charge is 0.142 e. The molecule has 2 nitrogen and oxygen atoms in total. The summed E-state index contributed by atoms with van der Waals surface area (Å²) >= 11 is 0. The van der Waals surface area contributed by atoms with E-state index in [1.807, 2.05) is 13.8 Å². The van der Waals surface area contributed by atoms with Gasteiger partial charge in [-0.05, 0) is 6.92 Å². The predicted molar refractivity (Wildman–Crippen MR) is 46.5 cm³/mol. The first-order valence-corrected chi connectivity index (χ1v) is 4.06. The van der Waals surface area contributed by atoms with Gasteiger partial charge in [0.2, 0.25) is 0 Å². The van der Waals surface area contributed by atoms with E-state index >= 15 is 0 Å². The second-order valence-corrected chi connectivity index (χ2v) is 2.50. The minimum absolute atomic E-state index is 0.00565. The first-order valence-electron chi connectivity index (χ1n) is 4.06. The second-order valence-electron chi connectivity index (χ2n) is 2.50. The van der Waals surface area contributed by atoms with Gasteiger partial charge in [0.1, 0.15) is 11.6 Å². The van der Waals surface area contributed by atoms with Crippen LogP contribution in [0, 0.1) is 5.92 Å². The molecule has 66 valence electrons. The maximum Gasteiger partial charge on any atom is 0.142 e. The summed E-state index contributed by atoms with van der Waals surface area (Å²) in [6, 6.07) is 0. The van der Waals surface area contributed by atoms with E-state index in [4.69, 9.17) is 0 Å². The Morgan fingerprint density at radius 1 is 1.18 bits per heavy atom. The minimum Gasteiger partial charge on any atom is -0.300 e. The zero-order chi connectivity index (χ0) is 9.44. The van der Waals surface area contributed by atoms with E-state index in [-0.39, 0.29) is 23.9 Å². The molecule has 2 heteroatoms. The van der Waals surface area contributed by atoms with Gasteiger partial charge in [-0.15, -0.1) is 0 Å². The average Bonchev–Trinajstić information content (AvgIpc) is 1.90. The summed E-state index contributed by atoms with van der Waals surface area (Å²) in [5, 5.41) is 0. The van der Waals surface area contributed by atoms with E-state index in [1.165, 1.54) is 6.92 Å². The lowest BCUT2D eigenvalue weighted by atomic mass is 10.1. The summed E-state index contributed by atoms with van der Waals surface area (Å²) < 4.78 is 0. The van der Waals surface area contributed by atoms with E-state index in [9.17, 15) is 9.59 Å². The first kappa shape index (κ1) is 13.0. The molecular weight excluding hydrogens is 140 g/mol. The Balaban J connectivity index is 0. The molecule has 0 saturated heterocycles. The number of hydrogen-bond donors (Lipinski definition) is 0. The van der Waals surface area contributed by atoms with Crippen LogP contribution >= 0.6 is 0 Å². The fraction of sp³-hybridized carbons (Fsp3) is 0.778. The quantitative estimate of drug-likeness (QED) is 0.590. The molecule has 0 aliphatic carbocycles. The molecule has 0 radical (unpaired) electrons. The molecule has 0 spiro atoms. The number of carbonyl (C=O) groups is 2. The lowest BCUT2D eigenvalue weighted by Crippen LogP contribution is -2.10. The third-order valence-corrected chi connectivity index (χ3v) is 1.07. The van der Waals surface area contributed by atoms with Gasteiger partial charge in [0.25, 0.3) is 0 Å². The molecule has 0 aromatic heterocycles. The number of ketones is 2. The molecule has 0 aromatic carbocycles. The molecule has 0 aromatic rings. The van der Waals surface area contributed by atoms with Crippen molar-refractivity contribution < 1.29 is 9.59 Å². The third kappa shape index (κ3) is 9.34. The maximum atomic E-state index is 10.7. The summed E-state index contributed by atoms with van der Waals surface area (Å²) in [5.41, 5.74) is 0. The van der Waals surface area contributed by atoms with Crippen molar-refractivity contribution in [3.8, 4) is 0 Å². The third-order valence-electron chi connectivity index (χ3n) is 1.07. The summed E-state index contributed by atoms with van der Waals surface area (Å²) in [4.78, 5) is 21.1. The minimum atomic E-state index is -0.0475. The molecule has 0 aliphatic rings. The van der Waals surface area contributed by atoms with Gasteiger partial charge in [0, 0.05) is 5.92 Å². The molecule has 0 fully saturated rings. The fourth-order valence-electron chi connectivity index (χ4n) is 0.449. The molecule has 0 amide bonds. The van der Waals surface area contributed by atoms with Crippen LogP contribution in [0.2, 0.25) is 0 Å². The number of rotatable bonds is 3. The van der Waals surface area contributed by atoms with Crippen molar-refractivity contribution in [1.82, 2.24) is 0 Å². The van der Waals surface area contributed by atoms with Crippen LogP contribution < -0.4 is 0 Å². The largest absolute Gasteiger partial charge is 0.300 e. The Kier molecular flexibility index (Phi) is 8.78. The summed E-state index contributed by atoms with van der Waals surface area (Å²) in [6.45, 7) is 9.02. The van der Waals surface area contributed by atoms with Crippen molar-refractivity contribution in [1.29, 1.82) is 0 Å². The topological polar surface area (TPSA) is 34.1 Å². The zero-order valence-electron chi connectivity index (χ0n) is 8.10. The summed E-state index contributed by atoms with van der Waals surface area (Å²) in [5.74, 6) is -0.0231. The Morgan fingerprint density at radius 3 is 1.64 bits per heavy atom. The highest BCUT2D eigenvalue weighted by molar-refractivity contribution is 5.98. The van der Waals surface area contributed by atoms with Gasteiger partial charge in [-0.25, -0.2) is 0 Å². The Bertz CT molecular complexity index is 126. The van der Waals surface area contributed by atoms with Crippen molar-refractivity contribution in [3.05, 3.63) is 0 Å². The highest BCUT2D eigenvalue weighted by atomic mass is 16.1. The maximum absolute atomic E-state index is 10.7. The van der Waals surface area contributed by atoms with E-state index in [0.29, 0.717) is 0 Å². The SMILES string of the molecule is CC.CC(=O)CC(=O)C(C)C. The van der Waals surface area contributed by atoms with Gasteiger partial charge < -0.3 is 0 Å². The van der Waals surface area contributed by atoms with Crippen LogP contribution in [0.4, 0.5) is 0 Å². The summed E-state index contributed by atoms with van der Waals surface area (Å²) in [7, 11) is 0. The second kappa shape index (κ2) is 7.45. The molecule has 0 rings (SSSR count). The number of Topliss-reactive ketones (excluding diaryl/α,β-unsaturated/α-hetero) is 2. The van der Waals surface area contributed by atoms with E-state index in [0.717, 1.165) is 0 Å². The van der Waals surface area contributed by atoms with Crippen LogP contribution in [0.5, 0.6) is 0 Å². The van der Waals surface area contributed by atoms with Crippen LogP contribution in [-0.2, 0) is 9.59 Å². The lowest BCUT2D eigenvalue weighted by molar-refractivity contribution is -0.127. The van der Waals surface area contributed by atoms with Crippen LogP contribution in [0.25, 0.3) is 0 Å². The average molecular weight is 158 g/mol. The molecule has 0 bridgehead atoms. The Hall–Kier alpha value is -0.660. The molecule has 0 N–H and O–H groups in total. The highest BCUT2D eigenvalue weighted by Crippen LogP contribution is 1.98. The summed E-state index contributed by atoms with van der Waals surface area (Å²) in [6.07, 6.45) is 0.0949. The van der Waals surface area contributed by atoms with Crippen molar-refractivity contribution in [3.63, 3.8) is 0 Å².